The predicted molar refractivity (Wildman–Crippen MR) is 109 cm³/mol. The van der Waals surface area contributed by atoms with E-state index in [0.717, 1.165) is 5.56 Å². The molecular formula is C21H32NO4S-. The molecule has 0 aliphatic carbocycles. The van der Waals surface area contributed by atoms with Gasteiger partial charge >= 0.3 is 0 Å². The number of ether oxygens (including phenoxy) is 1. The molecule has 152 valence electrons. The van der Waals surface area contributed by atoms with Crippen molar-refractivity contribution < 1.29 is 19.4 Å². The summed E-state index contributed by atoms with van der Waals surface area (Å²) in [5.41, 5.74) is 2.06. The van der Waals surface area contributed by atoms with Gasteiger partial charge in [0.05, 0.1) is 12.0 Å². The fraction of sp³-hybridized carbons (Fsp3) is 0.619. The molecule has 0 aromatic heterocycles. The van der Waals surface area contributed by atoms with E-state index in [1.165, 1.54) is 17.3 Å². The van der Waals surface area contributed by atoms with Crippen LogP contribution in [0.3, 0.4) is 0 Å². The van der Waals surface area contributed by atoms with Crippen LogP contribution in [0.5, 0.6) is 5.75 Å². The van der Waals surface area contributed by atoms with Crippen LogP contribution in [-0.2, 0) is 20.4 Å². The van der Waals surface area contributed by atoms with Gasteiger partial charge in [0, 0.05) is 0 Å². The van der Waals surface area contributed by atoms with Gasteiger partial charge in [-0.2, -0.15) is 11.8 Å². The molecule has 0 fully saturated rings. The third-order valence-electron chi connectivity index (χ3n) is 4.24. The molecule has 0 unspecified atom stereocenters. The van der Waals surface area contributed by atoms with E-state index in [9.17, 15) is 14.7 Å². The minimum Gasteiger partial charge on any atom is -0.548 e. The van der Waals surface area contributed by atoms with Gasteiger partial charge in [-0.3, -0.25) is 4.79 Å². The smallest absolute Gasteiger partial charge is 0.258 e. The molecule has 1 N–H and O–H groups in total. The van der Waals surface area contributed by atoms with Crippen LogP contribution in [0.25, 0.3) is 0 Å². The highest BCUT2D eigenvalue weighted by atomic mass is 32.2. The summed E-state index contributed by atoms with van der Waals surface area (Å²) in [5, 5.41) is 13.6. The monoisotopic (exact) mass is 394 g/mol. The van der Waals surface area contributed by atoms with Crippen molar-refractivity contribution in [2.75, 3.05) is 18.6 Å². The van der Waals surface area contributed by atoms with Crippen molar-refractivity contribution in [2.24, 2.45) is 0 Å². The maximum absolute atomic E-state index is 12.1. The van der Waals surface area contributed by atoms with Crippen molar-refractivity contribution in [1.82, 2.24) is 5.32 Å². The molecule has 0 bridgehead atoms. The van der Waals surface area contributed by atoms with Gasteiger partial charge < -0.3 is 20.0 Å². The molecule has 0 radical (unpaired) electrons. The quantitative estimate of drug-likeness (QED) is 0.733. The normalized spacial score (nSPS) is 13.1. The van der Waals surface area contributed by atoms with Crippen LogP contribution in [0.4, 0.5) is 0 Å². The van der Waals surface area contributed by atoms with E-state index in [0.29, 0.717) is 17.9 Å². The summed E-state index contributed by atoms with van der Waals surface area (Å²) in [6.07, 6.45) is 2.20. The van der Waals surface area contributed by atoms with E-state index in [1.54, 1.807) is 0 Å². The maximum Gasteiger partial charge on any atom is 0.258 e. The number of amides is 1. The zero-order valence-corrected chi connectivity index (χ0v) is 18.3. The molecule has 0 aliphatic heterocycles. The number of carbonyl (C=O) groups is 2. The molecule has 5 nitrogen and oxygen atoms in total. The van der Waals surface area contributed by atoms with Crippen LogP contribution in [0.15, 0.2) is 18.2 Å². The lowest BCUT2D eigenvalue weighted by atomic mass is 9.80. The second-order valence-electron chi connectivity index (χ2n) is 8.72. The highest BCUT2D eigenvalue weighted by molar-refractivity contribution is 7.98. The highest BCUT2D eigenvalue weighted by Crippen LogP contribution is 2.35. The summed E-state index contributed by atoms with van der Waals surface area (Å²) < 4.78 is 5.75. The van der Waals surface area contributed by atoms with Gasteiger partial charge in [0.15, 0.2) is 6.61 Å². The average molecular weight is 395 g/mol. The number of nitrogens with one attached hydrogen (secondary N) is 1. The Hall–Kier alpha value is -1.69. The summed E-state index contributed by atoms with van der Waals surface area (Å²) in [6.45, 7) is 12.5. The summed E-state index contributed by atoms with van der Waals surface area (Å²) in [7, 11) is 0. The van der Waals surface area contributed by atoms with Gasteiger partial charge in [0.2, 0.25) is 0 Å². The van der Waals surface area contributed by atoms with E-state index in [2.05, 4.69) is 52.9 Å². The Balaban J connectivity index is 2.89. The number of thioether (sulfide) groups is 1. The van der Waals surface area contributed by atoms with Crippen LogP contribution in [0.1, 0.15) is 59.1 Å². The second kappa shape index (κ2) is 9.49. The van der Waals surface area contributed by atoms with Crippen molar-refractivity contribution in [1.29, 1.82) is 0 Å². The topological polar surface area (TPSA) is 78.5 Å². The van der Waals surface area contributed by atoms with Crippen molar-refractivity contribution in [3.05, 3.63) is 29.3 Å². The Bertz CT molecular complexity index is 659. The Morgan fingerprint density at radius 3 is 2.26 bits per heavy atom. The summed E-state index contributed by atoms with van der Waals surface area (Å²) >= 11 is 1.52. The van der Waals surface area contributed by atoms with Gasteiger partial charge in [0.1, 0.15) is 5.75 Å². The number of rotatable bonds is 8. The molecule has 1 aromatic carbocycles. The van der Waals surface area contributed by atoms with E-state index in [1.807, 2.05) is 18.4 Å². The Morgan fingerprint density at radius 2 is 1.78 bits per heavy atom. The highest BCUT2D eigenvalue weighted by Gasteiger charge is 2.23. The molecule has 0 heterocycles. The van der Waals surface area contributed by atoms with Crippen molar-refractivity contribution in [2.45, 2.75) is 64.8 Å². The van der Waals surface area contributed by atoms with Crippen LogP contribution < -0.4 is 15.2 Å². The van der Waals surface area contributed by atoms with Crippen LogP contribution in [0.2, 0.25) is 0 Å². The first kappa shape index (κ1) is 23.3. The Morgan fingerprint density at radius 1 is 1.15 bits per heavy atom. The number of hydrogen-bond acceptors (Lipinski definition) is 5. The van der Waals surface area contributed by atoms with Gasteiger partial charge in [-0.25, -0.2) is 0 Å². The summed E-state index contributed by atoms with van der Waals surface area (Å²) in [4.78, 5) is 23.3. The molecule has 1 aromatic rings. The van der Waals surface area contributed by atoms with Gasteiger partial charge in [-0.1, -0.05) is 53.7 Å². The third-order valence-corrected chi connectivity index (χ3v) is 4.89. The SMILES string of the molecule is CSCC[C@H](NC(=O)COc1ccc(C(C)(C)C)cc1C(C)(C)C)C(=O)[O-]. The zero-order chi connectivity index (χ0) is 20.8. The number of hydrogen-bond donors (Lipinski definition) is 1. The lowest BCUT2D eigenvalue weighted by Gasteiger charge is -2.27. The minimum atomic E-state index is -1.28. The first-order valence-corrected chi connectivity index (χ1v) is 10.5. The van der Waals surface area contributed by atoms with E-state index < -0.39 is 17.9 Å². The molecule has 6 heteroatoms. The van der Waals surface area contributed by atoms with E-state index in [-0.39, 0.29) is 17.4 Å². The average Bonchev–Trinajstić information content (AvgIpc) is 2.54. The van der Waals surface area contributed by atoms with Crippen LogP contribution >= 0.6 is 11.8 Å². The minimum absolute atomic E-state index is 0.00883. The molecule has 1 amide bonds. The summed E-state index contributed by atoms with van der Waals surface area (Å²) in [5.74, 6) is -0.477. The number of carboxylic acid groups (broad SMARTS) is 1. The number of benzene rings is 1. The van der Waals surface area contributed by atoms with E-state index in [4.69, 9.17) is 4.74 Å². The molecule has 1 rings (SSSR count). The molecule has 1 atom stereocenters. The molecule has 0 aliphatic rings. The first-order valence-electron chi connectivity index (χ1n) is 9.13. The summed E-state index contributed by atoms with van der Waals surface area (Å²) in [6, 6.07) is 5.01. The number of aliphatic carboxylic acids is 1. The predicted octanol–water partition coefficient (Wildman–Crippen LogP) is 2.65. The molecule has 27 heavy (non-hydrogen) atoms. The standard InChI is InChI=1S/C21H33NO4S/c1-20(2,3)14-8-9-17(15(12-14)21(4,5)6)26-13-18(23)22-16(19(24)25)10-11-27-7/h8-9,12,16H,10-11,13H2,1-7H3,(H,22,23)(H,24,25)/p-1/t16-/m0/s1. The Kier molecular flexibility index (Phi) is 8.21. The van der Waals surface area contributed by atoms with Crippen molar-refractivity contribution >= 4 is 23.6 Å². The van der Waals surface area contributed by atoms with Crippen LogP contribution in [0, 0.1) is 0 Å². The second-order valence-corrected chi connectivity index (χ2v) is 9.71. The van der Waals surface area contributed by atoms with Crippen molar-refractivity contribution in [3.8, 4) is 5.75 Å². The zero-order valence-electron chi connectivity index (χ0n) is 17.5. The maximum atomic E-state index is 12.1. The van der Waals surface area contributed by atoms with Crippen molar-refractivity contribution in [3.63, 3.8) is 0 Å². The fourth-order valence-corrected chi connectivity index (χ4v) is 3.04. The third kappa shape index (κ3) is 7.45. The Labute approximate surface area is 167 Å². The van der Waals surface area contributed by atoms with E-state index >= 15 is 0 Å². The van der Waals surface area contributed by atoms with Gasteiger partial charge in [0.25, 0.3) is 5.91 Å². The van der Waals surface area contributed by atoms with Crippen LogP contribution in [-0.4, -0.2) is 36.5 Å². The lowest BCUT2D eigenvalue weighted by molar-refractivity contribution is -0.308. The number of carboxylic acids is 1. The van der Waals surface area contributed by atoms with Gasteiger partial charge in [-0.05, 0) is 46.5 Å². The molecule has 0 spiro atoms. The van der Waals surface area contributed by atoms with Gasteiger partial charge in [-0.15, -0.1) is 0 Å². The molecule has 0 saturated heterocycles. The molecule has 0 saturated carbocycles. The number of carbonyl (C=O) groups excluding carboxylic acids is 2. The first-order chi connectivity index (χ1) is 12.4. The lowest BCUT2D eigenvalue weighted by Crippen LogP contribution is -2.49. The fourth-order valence-electron chi connectivity index (χ4n) is 2.57. The largest absolute Gasteiger partial charge is 0.548 e. The molecular weight excluding hydrogens is 362 g/mol.